The van der Waals surface area contributed by atoms with Crippen LogP contribution in [0, 0.1) is 0 Å². The number of H-pyrrole nitrogens is 1. The van der Waals surface area contributed by atoms with Crippen LogP contribution in [0.1, 0.15) is 0 Å². The molecule has 0 spiro atoms. The molecule has 2 rings (SSSR count). The van der Waals surface area contributed by atoms with Gasteiger partial charge in [0, 0.05) is 12.1 Å². The van der Waals surface area contributed by atoms with Crippen LogP contribution in [0.4, 0.5) is 4.39 Å². The molecule has 19 heavy (non-hydrogen) atoms. The molecule has 0 fully saturated rings. The van der Waals surface area contributed by atoms with Crippen molar-refractivity contribution in [3.8, 4) is 6.01 Å². The highest BCUT2D eigenvalue weighted by Gasteiger charge is 2.04. The zero-order valence-electron chi connectivity index (χ0n) is 9.93. The monoisotopic (exact) mass is 285 g/mol. The van der Waals surface area contributed by atoms with Gasteiger partial charge in [0.25, 0.3) is 11.6 Å². The second-order valence-electron chi connectivity index (χ2n) is 3.65. The predicted molar refractivity (Wildman–Crippen MR) is 73.4 cm³/mol. The number of nitrogens with one attached hydrogen (secondary N) is 1. The molecule has 1 heterocycles. The lowest BCUT2D eigenvalue weighted by Gasteiger charge is -2.06. The summed E-state index contributed by atoms with van der Waals surface area (Å²) in [5.41, 5.74) is 5.80. The van der Waals surface area contributed by atoms with Crippen molar-refractivity contribution in [2.75, 3.05) is 13.2 Å². The highest BCUT2D eigenvalue weighted by Crippen LogP contribution is 2.09. The van der Waals surface area contributed by atoms with Gasteiger partial charge < -0.3 is 10.5 Å². The summed E-state index contributed by atoms with van der Waals surface area (Å²) in [6.07, 6.45) is 0.388. The van der Waals surface area contributed by atoms with Crippen molar-refractivity contribution in [2.45, 2.75) is 0 Å². The quantitative estimate of drug-likeness (QED) is 0.893. The Labute approximate surface area is 114 Å². The molecule has 1 aromatic heterocycles. The largest absolute Gasteiger partial charge is 0.460 e. The Morgan fingerprint density at radius 3 is 2.89 bits per heavy atom. The van der Waals surface area contributed by atoms with Gasteiger partial charge in [-0.3, -0.25) is 9.78 Å². The summed E-state index contributed by atoms with van der Waals surface area (Å²) in [5, 5.41) is 0.477. The van der Waals surface area contributed by atoms with Crippen molar-refractivity contribution in [3.05, 3.63) is 46.5 Å². The maximum atomic E-state index is 12.3. The van der Waals surface area contributed by atoms with Crippen molar-refractivity contribution in [2.24, 2.45) is 5.73 Å². The van der Waals surface area contributed by atoms with Crippen LogP contribution in [0.2, 0.25) is 0 Å². The number of fused-ring (bicyclic) bond motifs is 1. The SMILES string of the molecule is Cl.NC/C(=C\F)COc1nc2ccccc2c(=O)[nH]1. The van der Waals surface area contributed by atoms with E-state index in [9.17, 15) is 9.18 Å². The Hall–Kier alpha value is -1.92. The number of nitrogens with two attached hydrogens (primary N) is 1. The molecular weight excluding hydrogens is 273 g/mol. The first-order valence-electron chi connectivity index (χ1n) is 5.34. The van der Waals surface area contributed by atoms with Crippen molar-refractivity contribution >= 4 is 23.3 Å². The number of hydrogen-bond donors (Lipinski definition) is 2. The van der Waals surface area contributed by atoms with Crippen LogP contribution in [-0.2, 0) is 0 Å². The fourth-order valence-electron chi connectivity index (χ4n) is 1.43. The van der Waals surface area contributed by atoms with Crippen LogP contribution in [0.5, 0.6) is 6.01 Å². The molecule has 0 bridgehead atoms. The van der Waals surface area contributed by atoms with Crippen molar-refractivity contribution in [1.82, 2.24) is 9.97 Å². The van der Waals surface area contributed by atoms with Gasteiger partial charge in [0.2, 0.25) is 0 Å². The average molecular weight is 286 g/mol. The maximum Gasteiger partial charge on any atom is 0.297 e. The summed E-state index contributed by atoms with van der Waals surface area (Å²) in [6, 6.07) is 6.93. The zero-order chi connectivity index (χ0) is 13.0. The van der Waals surface area contributed by atoms with Crippen molar-refractivity contribution in [1.29, 1.82) is 0 Å². The van der Waals surface area contributed by atoms with Crippen molar-refractivity contribution in [3.63, 3.8) is 0 Å². The van der Waals surface area contributed by atoms with Crippen LogP contribution >= 0.6 is 12.4 Å². The van der Waals surface area contributed by atoms with Crippen LogP contribution in [0.3, 0.4) is 0 Å². The van der Waals surface area contributed by atoms with E-state index in [0.717, 1.165) is 0 Å². The van der Waals surface area contributed by atoms with Gasteiger partial charge in [0.05, 0.1) is 17.2 Å². The summed E-state index contributed by atoms with van der Waals surface area (Å²) in [7, 11) is 0. The van der Waals surface area contributed by atoms with E-state index in [0.29, 0.717) is 17.2 Å². The van der Waals surface area contributed by atoms with Gasteiger partial charge in [0.1, 0.15) is 6.61 Å². The lowest BCUT2D eigenvalue weighted by atomic mass is 10.2. The molecule has 102 valence electrons. The molecule has 0 saturated heterocycles. The molecular formula is C12H13ClFN3O2. The second kappa shape index (κ2) is 6.86. The predicted octanol–water partition coefficient (Wildman–Crippen LogP) is 1.54. The fourth-order valence-corrected chi connectivity index (χ4v) is 1.43. The van der Waals surface area contributed by atoms with Crippen molar-refractivity contribution < 1.29 is 9.13 Å². The molecule has 0 atom stereocenters. The highest BCUT2D eigenvalue weighted by atomic mass is 35.5. The number of aromatic amines is 1. The number of aromatic nitrogens is 2. The molecule has 0 aliphatic rings. The smallest absolute Gasteiger partial charge is 0.297 e. The van der Waals surface area contributed by atoms with E-state index in [4.69, 9.17) is 10.5 Å². The number of rotatable bonds is 4. The van der Waals surface area contributed by atoms with E-state index in [1.54, 1.807) is 24.3 Å². The van der Waals surface area contributed by atoms with Gasteiger partial charge in [-0.05, 0) is 12.1 Å². The lowest BCUT2D eigenvalue weighted by molar-refractivity contribution is 0.320. The van der Waals surface area contributed by atoms with E-state index >= 15 is 0 Å². The fraction of sp³-hybridized carbons (Fsp3) is 0.167. The minimum absolute atomic E-state index is 0. The molecule has 0 amide bonds. The van der Waals surface area contributed by atoms with Crippen LogP contribution in [-0.4, -0.2) is 23.1 Å². The van der Waals surface area contributed by atoms with Gasteiger partial charge in [-0.15, -0.1) is 12.4 Å². The van der Waals surface area contributed by atoms with Crippen LogP contribution < -0.4 is 16.0 Å². The molecule has 0 unspecified atom stereocenters. The molecule has 2 aromatic rings. The summed E-state index contributed by atoms with van der Waals surface area (Å²) >= 11 is 0. The van der Waals surface area contributed by atoms with Gasteiger partial charge >= 0.3 is 0 Å². The minimum Gasteiger partial charge on any atom is -0.460 e. The van der Waals surface area contributed by atoms with Gasteiger partial charge in [-0.1, -0.05) is 12.1 Å². The number of hydrogen-bond acceptors (Lipinski definition) is 4. The maximum absolute atomic E-state index is 12.3. The molecule has 0 aliphatic carbocycles. The Balaban J connectivity index is 0.00000180. The number of para-hydroxylation sites is 1. The molecule has 3 N–H and O–H groups in total. The Morgan fingerprint density at radius 1 is 1.47 bits per heavy atom. The first kappa shape index (κ1) is 15.1. The standard InChI is InChI=1S/C12H12FN3O2.ClH/c13-5-8(6-14)7-18-12-15-10-4-2-1-3-9(10)11(17)16-12;/h1-5H,6-7,14H2,(H,15,16,17);1H/b8-5+;. The third-order valence-electron chi connectivity index (χ3n) is 2.40. The number of benzene rings is 1. The highest BCUT2D eigenvalue weighted by molar-refractivity contribution is 5.85. The average Bonchev–Trinajstić information content (AvgIpc) is 2.40. The number of ether oxygens (including phenoxy) is 1. The summed E-state index contributed by atoms with van der Waals surface area (Å²) in [4.78, 5) is 18.3. The first-order valence-corrected chi connectivity index (χ1v) is 5.34. The summed E-state index contributed by atoms with van der Waals surface area (Å²) in [6.45, 7) is 0.00257. The Kier molecular flexibility index (Phi) is 5.47. The Bertz CT molecular complexity index is 642. The van der Waals surface area contributed by atoms with E-state index in [-0.39, 0.29) is 42.7 Å². The first-order chi connectivity index (χ1) is 8.74. The second-order valence-corrected chi connectivity index (χ2v) is 3.65. The number of halogens is 2. The molecule has 7 heteroatoms. The van der Waals surface area contributed by atoms with E-state index in [1.165, 1.54) is 0 Å². The number of nitrogens with zero attached hydrogens (tertiary/aromatic N) is 1. The van der Waals surface area contributed by atoms with Gasteiger partial charge in [-0.2, -0.15) is 4.98 Å². The van der Waals surface area contributed by atoms with Crippen LogP contribution in [0.25, 0.3) is 10.9 Å². The minimum atomic E-state index is -0.297. The topological polar surface area (TPSA) is 81.0 Å². The normalized spacial score (nSPS) is 11.2. The van der Waals surface area contributed by atoms with Gasteiger partial charge in [0.15, 0.2) is 0 Å². The van der Waals surface area contributed by atoms with E-state index in [1.807, 2.05) is 0 Å². The molecule has 1 aromatic carbocycles. The molecule has 0 saturated carbocycles. The van der Waals surface area contributed by atoms with Crippen LogP contribution in [0.15, 0.2) is 41.0 Å². The lowest BCUT2D eigenvalue weighted by Crippen LogP contribution is -2.15. The molecule has 5 nitrogen and oxygen atoms in total. The summed E-state index contributed by atoms with van der Waals surface area (Å²) < 4.78 is 17.5. The molecule has 0 radical (unpaired) electrons. The Morgan fingerprint density at radius 2 is 2.21 bits per heavy atom. The third-order valence-corrected chi connectivity index (χ3v) is 2.40. The third kappa shape index (κ3) is 3.52. The van der Waals surface area contributed by atoms with E-state index < -0.39 is 0 Å². The zero-order valence-corrected chi connectivity index (χ0v) is 10.7. The van der Waals surface area contributed by atoms with Gasteiger partial charge in [-0.25, -0.2) is 4.39 Å². The van der Waals surface area contributed by atoms with E-state index in [2.05, 4.69) is 9.97 Å². The molecule has 0 aliphatic heterocycles. The summed E-state index contributed by atoms with van der Waals surface area (Å²) in [5.74, 6) is 0.